The van der Waals surface area contributed by atoms with E-state index >= 15 is 0 Å². The van der Waals surface area contributed by atoms with Crippen molar-refractivity contribution in [2.24, 2.45) is 0 Å². The standard InChI is InChI=1S/C9H10F5NOS2/c10-18(11,12,13,14)15-6-8(16)17-9(15)7-4-2-1-3-5-7/h1-5,8-9,16H,6H2. The minimum absolute atomic E-state index is 0.0901. The SMILES string of the molecule is OC1CN(S(F)(F)(F)(F)F)C(c2ccccc2)S1. The van der Waals surface area contributed by atoms with Crippen LogP contribution in [0.5, 0.6) is 0 Å². The first-order chi connectivity index (χ1) is 7.97. The van der Waals surface area contributed by atoms with Crippen LogP contribution in [0.15, 0.2) is 30.3 Å². The number of rotatable bonds is 2. The average Bonchev–Trinajstić information content (AvgIpc) is 2.60. The lowest BCUT2D eigenvalue weighted by Crippen LogP contribution is -2.34. The van der Waals surface area contributed by atoms with Crippen molar-refractivity contribution >= 4 is 22.2 Å². The summed E-state index contributed by atoms with van der Waals surface area (Å²) in [7, 11) is -9.77. The summed E-state index contributed by atoms with van der Waals surface area (Å²) in [6, 6.07) is 7.15. The molecule has 1 aliphatic rings. The number of nitrogens with zero attached hydrogens (tertiary/aromatic N) is 1. The monoisotopic (exact) mass is 307 g/mol. The summed E-state index contributed by atoms with van der Waals surface area (Å²) in [6.45, 7) is -1.12. The van der Waals surface area contributed by atoms with Crippen molar-refractivity contribution in [2.45, 2.75) is 10.8 Å². The van der Waals surface area contributed by atoms with Crippen molar-refractivity contribution in [2.75, 3.05) is 6.54 Å². The van der Waals surface area contributed by atoms with Crippen LogP contribution in [0, 0.1) is 0 Å². The number of thioether (sulfide) groups is 1. The van der Waals surface area contributed by atoms with Crippen molar-refractivity contribution in [3.05, 3.63) is 35.9 Å². The summed E-state index contributed by atoms with van der Waals surface area (Å²) < 4.78 is 63.3. The molecule has 2 atom stereocenters. The second-order valence-electron chi connectivity index (χ2n) is 3.88. The maximum absolute atomic E-state index is 12.8. The minimum atomic E-state index is -9.77. The van der Waals surface area contributed by atoms with Crippen LogP contribution in [0.2, 0.25) is 0 Å². The lowest BCUT2D eigenvalue weighted by atomic mass is 10.2. The molecule has 2 nitrogen and oxygen atoms in total. The van der Waals surface area contributed by atoms with Crippen LogP contribution >= 0.6 is 22.2 Å². The Morgan fingerprint density at radius 1 is 1.11 bits per heavy atom. The van der Waals surface area contributed by atoms with Gasteiger partial charge in [-0.15, -0.1) is 16.1 Å². The quantitative estimate of drug-likeness (QED) is 0.826. The van der Waals surface area contributed by atoms with E-state index in [1.54, 1.807) is 6.07 Å². The lowest BCUT2D eigenvalue weighted by Gasteiger charge is -2.49. The molecule has 2 unspecified atom stereocenters. The predicted octanol–water partition coefficient (Wildman–Crippen LogP) is 4.27. The summed E-state index contributed by atoms with van der Waals surface area (Å²) in [5.41, 5.74) is -1.40. The fourth-order valence-electron chi connectivity index (χ4n) is 1.69. The molecular formula is C9H10F5NOS2. The van der Waals surface area contributed by atoms with E-state index < -0.39 is 32.1 Å². The van der Waals surface area contributed by atoms with E-state index in [0.717, 1.165) is 0 Å². The predicted molar refractivity (Wildman–Crippen MR) is 62.6 cm³/mol. The Labute approximate surface area is 105 Å². The molecule has 1 aromatic rings. The highest BCUT2D eigenvalue weighted by atomic mass is 32.5. The number of aliphatic hydroxyl groups excluding tert-OH is 1. The Bertz CT molecular complexity index is 450. The van der Waals surface area contributed by atoms with Gasteiger partial charge in [-0.25, -0.2) is 0 Å². The van der Waals surface area contributed by atoms with Gasteiger partial charge in [0.05, 0.1) is 6.54 Å². The minimum Gasteiger partial charge on any atom is -0.381 e. The molecule has 0 amide bonds. The second kappa shape index (κ2) is 3.53. The molecule has 9 heteroatoms. The maximum Gasteiger partial charge on any atom is 0.346 e. The molecule has 0 bridgehead atoms. The fourth-order valence-corrected chi connectivity index (χ4v) is 4.41. The van der Waals surface area contributed by atoms with Crippen molar-refractivity contribution in [3.8, 4) is 0 Å². The van der Waals surface area contributed by atoms with Gasteiger partial charge >= 0.3 is 10.4 Å². The molecule has 0 aliphatic carbocycles. The van der Waals surface area contributed by atoms with Crippen molar-refractivity contribution in [3.63, 3.8) is 0 Å². The Hall–Kier alpha value is -0.510. The molecular weight excluding hydrogens is 297 g/mol. The Kier molecular flexibility index (Phi) is 2.73. The van der Waals surface area contributed by atoms with Gasteiger partial charge in [-0.05, 0) is 5.56 Å². The second-order valence-corrected chi connectivity index (χ2v) is 7.47. The molecule has 2 rings (SSSR count). The van der Waals surface area contributed by atoms with Gasteiger partial charge in [0.25, 0.3) is 0 Å². The van der Waals surface area contributed by atoms with Gasteiger partial charge in [0, 0.05) is 0 Å². The summed E-state index contributed by atoms with van der Waals surface area (Å²) in [5, 5.41) is 7.62. The third-order valence-corrected chi connectivity index (χ3v) is 5.04. The van der Waals surface area contributed by atoms with E-state index in [4.69, 9.17) is 0 Å². The van der Waals surface area contributed by atoms with Gasteiger partial charge in [-0.3, -0.25) is 0 Å². The number of hydrogen-bond acceptors (Lipinski definition) is 3. The van der Waals surface area contributed by atoms with Gasteiger partial charge < -0.3 is 5.11 Å². The smallest absolute Gasteiger partial charge is 0.346 e. The summed E-state index contributed by atoms with van der Waals surface area (Å²) in [5.74, 6) is 0. The highest BCUT2D eigenvalue weighted by molar-refractivity contribution is 8.44. The number of hydrogen-bond donors (Lipinski definition) is 1. The number of aliphatic hydroxyl groups is 1. The number of halogens is 5. The molecule has 1 saturated heterocycles. The van der Waals surface area contributed by atoms with Crippen LogP contribution in [0.3, 0.4) is 0 Å². The molecule has 0 spiro atoms. The lowest BCUT2D eigenvalue weighted by molar-refractivity contribution is 0.188. The van der Waals surface area contributed by atoms with Crippen LogP contribution in [-0.2, 0) is 0 Å². The first kappa shape index (κ1) is 13.9. The zero-order chi connectivity index (χ0) is 13.7. The van der Waals surface area contributed by atoms with Crippen LogP contribution in [0.4, 0.5) is 19.4 Å². The van der Waals surface area contributed by atoms with E-state index in [9.17, 15) is 24.5 Å². The topological polar surface area (TPSA) is 23.5 Å². The van der Waals surface area contributed by atoms with Crippen molar-refractivity contribution < 1.29 is 24.5 Å². The largest absolute Gasteiger partial charge is 0.381 e. The van der Waals surface area contributed by atoms with Crippen LogP contribution in [-0.4, -0.2) is 21.4 Å². The van der Waals surface area contributed by atoms with Gasteiger partial charge in [-0.1, -0.05) is 49.8 Å². The molecule has 0 radical (unpaired) electrons. The average molecular weight is 307 g/mol. The normalized spacial score (nSPS) is 29.9. The highest BCUT2D eigenvalue weighted by Gasteiger charge is 2.72. The molecule has 1 heterocycles. The molecule has 18 heavy (non-hydrogen) atoms. The molecule has 0 saturated carbocycles. The van der Waals surface area contributed by atoms with Crippen LogP contribution in [0.25, 0.3) is 0 Å². The molecule has 1 aliphatic heterocycles. The van der Waals surface area contributed by atoms with E-state index in [-0.39, 0.29) is 5.56 Å². The van der Waals surface area contributed by atoms with Crippen LogP contribution in [0.1, 0.15) is 10.9 Å². The number of β-amino-alcohol motifs (C(OH)–C–C–N with tert-alkyl or cyclic N) is 1. The van der Waals surface area contributed by atoms with Crippen LogP contribution < -0.4 is 0 Å². The van der Waals surface area contributed by atoms with E-state index in [1.807, 2.05) is 0 Å². The van der Waals surface area contributed by atoms with Crippen molar-refractivity contribution in [1.29, 1.82) is 0 Å². The van der Waals surface area contributed by atoms with E-state index in [2.05, 4.69) is 0 Å². The van der Waals surface area contributed by atoms with Gasteiger partial charge in [0.2, 0.25) is 0 Å². The highest BCUT2D eigenvalue weighted by Crippen LogP contribution is 3.01. The fraction of sp³-hybridized carbons (Fsp3) is 0.333. The summed E-state index contributed by atoms with van der Waals surface area (Å²) in [4.78, 5) is 0. The first-order valence-electron chi connectivity index (χ1n) is 4.87. The molecule has 104 valence electrons. The summed E-state index contributed by atoms with van der Waals surface area (Å²) >= 11 is 0.462. The van der Waals surface area contributed by atoms with E-state index in [0.29, 0.717) is 11.8 Å². The zero-order valence-electron chi connectivity index (χ0n) is 8.85. The van der Waals surface area contributed by atoms with Crippen molar-refractivity contribution in [1.82, 2.24) is 4.31 Å². The molecule has 1 aromatic carbocycles. The van der Waals surface area contributed by atoms with Gasteiger partial charge in [0.1, 0.15) is 10.8 Å². The number of benzene rings is 1. The maximum atomic E-state index is 12.8. The molecule has 1 N–H and O–H groups in total. The Morgan fingerprint density at radius 2 is 1.67 bits per heavy atom. The van der Waals surface area contributed by atoms with Gasteiger partial charge in [0.15, 0.2) is 0 Å². The van der Waals surface area contributed by atoms with E-state index in [1.165, 1.54) is 24.3 Å². The zero-order valence-corrected chi connectivity index (χ0v) is 10.5. The Morgan fingerprint density at radius 3 is 2.17 bits per heavy atom. The third kappa shape index (κ3) is 2.90. The van der Waals surface area contributed by atoms with Gasteiger partial charge in [-0.2, -0.15) is 0 Å². The Balaban J connectivity index is 2.43. The first-order valence-corrected chi connectivity index (χ1v) is 7.72. The molecule has 1 fully saturated rings. The molecule has 0 aromatic heterocycles. The summed E-state index contributed by atoms with van der Waals surface area (Å²) in [6.07, 6.45) is 0. The third-order valence-electron chi connectivity index (χ3n) is 2.41.